The van der Waals surface area contributed by atoms with Gasteiger partial charge >= 0.3 is 5.69 Å². The first-order valence-corrected chi connectivity index (χ1v) is 6.60. The van der Waals surface area contributed by atoms with Crippen molar-refractivity contribution in [1.29, 1.82) is 0 Å². The third-order valence-corrected chi connectivity index (χ3v) is 3.77. The minimum atomic E-state index is -0.933. The zero-order valence-corrected chi connectivity index (χ0v) is 12.7. The maximum Gasteiger partial charge on any atom is 0.315 e. The van der Waals surface area contributed by atoms with Gasteiger partial charge in [0.2, 0.25) is 5.75 Å². The Bertz CT molecular complexity index is 845. The van der Waals surface area contributed by atoms with Gasteiger partial charge in [0.1, 0.15) is 0 Å². The second-order valence-corrected chi connectivity index (χ2v) is 5.17. The van der Waals surface area contributed by atoms with Crippen LogP contribution >= 0.6 is 0 Å². The SMILES string of the molecule is Cc1cc(C(=O)c2cc(O)c(O)c([N+](=O)[O-])c2)[n+]([O-])c(C)c1C. The molecule has 23 heavy (non-hydrogen) atoms. The molecule has 0 unspecified atom stereocenters. The summed E-state index contributed by atoms with van der Waals surface area (Å²) in [6, 6.07) is 3.09. The average molecular weight is 318 g/mol. The lowest BCUT2D eigenvalue weighted by Crippen LogP contribution is -2.39. The van der Waals surface area contributed by atoms with Crippen LogP contribution in [-0.2, 0) is 0 Å². The van der Waals surface area contributed by atoms with Gasteiger partial charge in [0.15, 0.2) is 11.4 Å². The number of hydrogen-bond acceptors (Lipinski definition) is 6. The molecule has 0 spiro atoms. The first-order valence-electron chi connectivity index (χ1n) is 6.60. The van der Waals surface area contributed by atoms with E-state index in [2.05, 4.69) is 0 Å². The van der Waals surface area contributed by atoms with Crippen molar-refractivity contribution in [1.82, 2.24) is 0 Å². The minimum absolute atomic E-state index is 0.218. The largest absolute Gasteiger partial charge is 0.618 e. The summed E-state index contributed by atoms with van der Waals surface area (Å²) in [6.45, 7) is 5.03. The first kappa shape index (κ1) is 16.2. The van der Waals surface area contributed by atoms with Gasteiger partial charge in [0, 0.05) is 30.2 Å². The number of nitro groups is 1. The Kier molecular flexibility index (Phi) is 3.92. The summed E-state index contributed by atoms with van der Waals surface area (Å²) in [5.74, 6) is -2.53. The number of rotatable bonds is 3. The second-order valence-electron chi connectivity index (χ2n) is 5.17. The summed E-state index contributed by atoms with van der Waals surface area (Å²) < 4.78 is 0.445. The second kappa shape index (κ2) is 5.56. The number of ketones is 1. The smallest absolute Gasteiger partial charge is 0.315 e. The van der Waals surface area contributed by atoms with Crippen molar-refractivity contribution in [2.45, 2.75) is 20.8 Å². The molecule has 120 valence electrons. The van der Waals surface area contributed by atoms with Gasteiger partial charge in [-0.05, 0) is 25.5 Å². The van der Waals surface area contributed by atoms with Crippen LogP contribution in [0.1, 0.15) is 32.9 Å². The summed E-state index contributed by atoms with van der Waals surface area (Å²) in [6.07, 6.45) is 0. The van der Waals surface area contributed by atoms with Gasteiger partial charge in [-0.25, -0.2) is 0 Å². The van der Waals surface area contributed by atoms with Crippen molar-refractivity contribution >= 4 is 11.5 Å². The molecule has 0 aliphatic carbocycles. The Morgan fingerprint density at radius 3 is 2.35 bits per heavy atom. The van der Waals surface area contributed by atoms with Crippen molar-refractivity contribution in [2.24, 2.45) is 0 Å². The van der Waals surface area contributed by atoms with Crippen molar-refractivity contribution < 1.29 is 24.7 Å². The number of nitrogens with zero attached hydrogens (tertiary/aromatic N) is 2. The van der Waals surface area contributed by atoms with Crippen LogP contribution in [0.5, 0.6) is 11.5 Å². The van der Waals surface area contributed by atoms with E-state index in [0.717, 1.165) is 23.3 Å². The number of pyridine rings is 1. The fourth-order valence-corrected chi connectivity index (χ4v) is 2.17. The fraction of sp³-hybridized carbons (Fsp3) is 0.200. The molecule has 0 radical (unpaired) electrons. The molecule has 1 aromatic carbocycles. The van der Waals surface area contributed by atoms with Crippen LogP contribution in [0.25, 0.3) is 0 Å². The molecular weight excluding hydrogens is 304 g/mol. The highest BCUT2D eigenvalue weighted by Gasteiger charge is 2.27. The predicted octanol–water partition coefficient (Wildman–Crippen LogP) is 1.80. The van der Waals surface area contributed by atoms with Gasteiger partial charge in [0.25, 0.3) is 11.5 Å². The van der Waals surface area contributed by atoms with Crippen molar-refractivity contribution in [3.63, 3.8) is 0 Å². The molecule has 2 rings (SSSR count). The van der Waals surface area contributed by atoms with Crippen molar-refractivity contribution in [2.75, 3.05) is 0 Å². The van der Waals surface area contributed by atoms with Gasteiger partial charge in [0.05, 0.1) is 4.92 Å². The molecule has 0 amide bonds. The number of phenols is 2. The summed E-state index contributed by atoms with van der Waals surface area (Å²) in [5, 5.41) is 42.0. The number of carbonyl (C=O) groups excluding carboxylic acids is 1. The lowest BCUT2D eigenvalue weighted by atomic mass is 10.0. The molecule has 0 aliphatic heterocycles. The Balaban J connectivity index is 2.65. The normalized spacial score (nSPS) is 10.6. The molecule has 1 aromatic heterocycles. The highest BCUT2D eigenvalue weighted by molar-refractivity contribution is 6.07. The fourth-order valence-electron chi connectivity index (χ4n) is 2.17. The van der Waals surface area contributed by atoms with E-state index in [9.17, 15) is 30.3 Å². The quantitative estimate of drug-likeness (QED) is 0.222. The highest BCUT2D eigenvalue weighted by atomic mass is 16.6. The van der Waals surface area contributed by atoms with Gasteiger partial charge in [-0.2, -0.15) is 4.73 Å². The molecule has 2 N–H and O–H groups in total. The Morgan fingerprint density at radius 2 is 1.78 bits per heavy atom. The minimum Gasteiger partial charge on any atom is -0.618 e. The van der Waals surface area contributed by atoms with Crippen molar-refractivity contribution in [3.05, 3.63) is 61.6 Å². The van der Waals surface area contributed by atoms with E-state index >= 15 is 0 Å². The topological polar surface area (TPSA) is 128 Å². The Morgan fingerprint density at radius 1 is 1.17 bits per heavy atom. The maximum atomic E-state index is 12.5. The molecule has 0 saturated carbocycles. The van der Waals surface area contributed by atoms with Crippen molar-refractivity contribution in [3.8, 4) is 11.5 Å². The molecule has 1 heterocycles. The number of aromatic nitrogens is 1. The monoisotopic (exact) mass is 318 g/mol. The number of carbonyl (C=O) groups is 1. The first-order chi connectivity index (χ1) is 10.6. The van der Waals surface area contributed by atoms with Gasteiger partial charge in [-0.1, -0.05) is 0 Å². The molecular formula is C15H14N2O6. The zero-order valence-electron chi connectivity index (χ0n) is 12.7. The number of hydrogen-bond donors (Lipinski definition) is 2. The van der Waals surface area contributed by atoms with Gasteiger partial charge in [-0.3, -0.25) is 14.9 Å². The Hall–Kier alpha value is -3.16. The maximum absolute atomic E-state index is 12.5. The third-order valence-electron chi connectivity index (χ3n) is 3.77. The zero-order chi connectivity index (χ0) is 17.5. The van der Waals surface area contributed by atoms with Crippen LogP contribution < -0.4 is 4.73 Å². The molecule has 8 nitrogen and oxygen atoms in total. The van der Waals surface area contributed by atoms with E-state index < -0.39 is 27.9 Å². The number of aromatic hydroxyl groups is 2. The number of nitro benzene ring substituents is 1. The molecule has 0 aliphatic rings. The average Bonchev–Trinajstić information content (AvgIpc) is 2.50. The van der Waals surface area contributed by atoms with E-state index in [1.165, 1.54) is 6.07 Å². The number of phenolic OH excluding ortho intramolecular Hbond substituents is 2. The molecule has 0 atom stereocenters. The van der Waals surface area contributed by atoms with Crippen LogP contribution in [-0.4, -0.2) is 20.9 Å². The summed E-state index contributed by atoms with van der Waals surface area (Å²) in [5.41, 5.74) is 0.493. The molecule has 0 saturated heterocycles. The lowest BCUT2D eigenvalue weighted by Gasteiger charge is -2.11. The highest BCUT2D eigenvalue weighted by Crippen LogP contribution is 2.36. The van der Waals surface area contributed by atoms with E-state index in [1.807, 2.05) is 0 Å². The van der Waals surface area contributed by atoms with Crippen LogP contribution in [0.4, 0.5) is 5.69 Å². The van der Waals surface area contributed by atoms with Crippen LogP contribution in [0.2, 0.25) is 0 Å². The molecule has 8 heteroatoms. The third kappa shape index (κ3) is 2.66. The van der Waals surface area contributed by atoms with Crippen LogP contribution in [0.15, 0.2) is 18.2 Å². The molecule has 2 aromatic rings. The van der Waals surface area contributed by atoms with E-state index in [4.69, 9.17) is 0 Å². The summed E-state index contributed by atoms with van der Waals surface area (Å²) in [7, 11) is 0. The van der Waals surface area contributed by atoms with E-state index in [1.54, 1.807) is 20.8 Å². The molecule has 0 bridgehead atoms. The standard InChI is InChI=1S/C15H14N2O6/c1-7-4-11(16(21)9(3)8(7)2)14(19)10-5-12(17(22)23)15(20)13(18)6-10/h4-6,18,20H,1-3H3. The van der Waals surface area contributed by atoms with E-state index in [-0.39, 0.29) is 11.3 Å². The summed E-state index contributed by atoms with van der Waals surface area (Å²) >= 11 is 0. The van der Waals surface area contributed by atoms with Crippen LogP contribution in [0.3, 0.4) is 0 Å². The molecule has 0 fully saturated rings. The number of aryl methyl sites for hydroxylation is 1. The number of benzene rings is 1. The van der Waals surface area contributed by atoms with Gasteiger partial charge in [-0.15, -0.1) is 0 Å². The van der Waals surface area contributed by atoms with E-state index in [0.29, 0.717) is 10.4 Å². The lowest BCUT2D eigenvalue weighted by molar-refractivity contribution is -0.614. The Labute approximate surface area is 131 Å². The van der Waals surface area contributed by atoms with Crippen LogP contribution in [0, 0.1) is 36.1 Å². The summed E-state index contributed by atoms with van der Waals surface area (Å²) in [4.78, 5) is 22.4. The van der Waals surface area contributed by atoms with Gasteiger partial charge < -0.3 is 15.4 Å². The predicted molar refractivity (Wildman–Crippen MR) is 79.5 cm³/mol.